The van der Waals surface area contributed by atoms with Crippen LogP contribution in [0, 0.1) is 12.7 Å². The Labute approximate surface area is 117 Å². The Morgan fingerprint density at radius 1 is 1.35 bits per heavy atom. The lowest BCUT2D eigenvalue weighted by Gasteiger charge is -2.02. The van der Waals surface area contributed by atoms with Gasteiger partial charge in [-0.3, -0.25) is 4.79 Å². The van der Waals surface area contributed by atoms with Gasteiger partial charge in [-0.2, -0.15) is 9.78 Å². The number of halogens is 1. The molecule has 4 nitrogen and oxygen atoms in total. The Morgan fingerprint density at radius 3 is 2.95 bits per heavy atom. The summed E-state index contributed by atoms with van der Waals surface area (Å²) in [4.78, 5) is 17.2. The van der Waals surface area contributed by atoms with Crippen LogP contribution in [0.2, 0.25) is 0 Å². The monoisotopic (exact) mass is 287 g/mol. The van der Waals surface area contributed by atoms with Crippen LogP contribution in [0.25, 0.3) is 10.2 Å². The molecule has 0 aliphatic carbocycles. The Morgan fingerprint density at radius 2 is 2.15 bits per heavy atom. The highest BCUT2D eigenvalue weighted by molar-refractivity contribution is 7.16. The van der Waals surface area contributed by atoms with Crippen molar-refractivity contribution in [2.75, 3.05) is 0 Å². The number of aryl methyl sites for hydroxylation is 1. The summed E-state index contributed by atoms with van der Waals surface area (Å²) in [5.41, 5.74) is 0.0746. The molecule has 3 aromatic rings. The summed E-state index contributed by atoms with van der Waals surface area (Å²) in [6.45, 7) is 1.69. The molecule has 0 radical (unpaired) electrons. The zero-order valence-electron chi connectivity index (χ0n) is 10.6. The maximum absolute atomic E-state index is 13.5. The number of hydrogen-bond acceptors (Lipinski definition) is 4. The van der Waals surface area contributed by atoms with Crippen LogP contribution in [0.4, 0.5) is 4.39 Å². The summed E-state index contributed by atoms with van der Waals surface area (Å²) in [6.07, 6.45) is 1.32. The third-order valence-corrected chi connectivity index (χ3v) is 3.66. The van der Waals surface area contributed by atoms with Crippen molar-refractivity contribution < 1.29 is 4.39 Å². The van der Waals surface area contributed by atoms with E-state index in [-0.39, 0.29) is 11.4 Å². The molecule has 0 amide bonds. The highest BCUT2D eigenvalue weighted by atomic mass is 32.1. The average Bonchev–Trinajstić information content (AvgIpc) is 2.88. The second-order valence-electron chi connectivity index (χ2n) is 4.18. The zero-order chi connectivity index (χ0) is 14.1. The molecule has 6 heteroatoms. The maximum Gasteiger partial charge on any atom is 0.282 e. The van der Waals surface area contributed by atoms with Gasteiger partial charge in [0.2, 0.25) is 0 Å². The number of hydrogen-bond donors (Lipinski definition) is 0. The number of rotatable bonds is 2. The topological polar surface area (TPSA) is 47.2 Å². The molecule has 0 bridgehead atoms. The van der Waals surface area contributed by atoms with Crippen molar-refractivity contribution in [2.24, 2.45) is 5.10 Å². The van der Waals surface area contributed by atoms with Crippen molar-refractivity contribution in [1.82, 2.24) is 9.66 Å². The van der Waals surface area contributed by atoms with Gasteiger partial charge in [-0.05, 0) is 24.4 Å². The summed E-state index contributed by atoms with van der Waals surface area (Å²) in [5, 5.41) is 6.38. The molecule has 0 aliphatic heterocycles. The van der Waals surface area contributed by atoms with Crippen molar-refractivity contribution in [1.29, 1.82) is 0 Å². The summed E-state index contributed by atoms with van der Waals surface area (Å²) in [7, 11) is 0. The van der Waals surface area contributed by atoms with E-state index in [1.807, 2.05) is 5.38 Å². The lowest BCUT2D eigenvalue weighted by Crippen LogP contribution is -2.19. The highest BCUT2D eigenvalue weighted by Gasteiger charge is 2.08. The SMILES string of the molecule is Cc1nc2sccc2c(=O)n1/N=C\c1ccccc1F. The van der Waals surface area contributed by atoms with Gasteiger partial charge < -0.3 is 0 Å². The fraction of sp³-hybridized carbons (Fsp3) is 0.0714. The fourth-order valence-corrected chi connectivity index (χ4v) is 2.64. The predicted octanol–water partition coefficient (Wildman–Crippen LogP) is 2.79. The molecule has 3 rings (SSSR count). The number of thiophene rings is 1. The molecule has 20 heavy (non-hydrogen) atoms. The first-order chi connectivity index (χ1) is 9.66. The van der Waals surface area contributed by atoms with E-state index >= 15 is 0 Å². The number of fused-ring (bicyclic) bond motifs is 1. The lowest BCUT2D eigenvalue weighted by molar-refractivity contribution is 0.625. The van der Waals surface area contributed by atoms with Crippen LogP contribution in [0.1, 0.15) is 11.4 Å². The Balaban J connectivity index is 2.11. The van der Waals surface area contributed by atoms with E-state index in [9.17, 15) is 9.18 Å². The van der Waals surface area contributed by atoms with E-state index in [1.165, 1.54) is 28.3 Å². The lowest BCUT2D eigenvalue weighted by atomic mass is 10.2. The van der Waals surface area contributed by atoms with Crippen LogP contribution in [0.3, 0.4) is 0 Å². The molecular formula is C14H10FN3OS. The van der Waals surface area contributed by atoms with Crippen LogP contribution < -0.4 is 5.56 Å². The van der Waals surface area contributed by atoms with Crippen LogP contribution in [0.5, 0.6) is 0 Å². The Kier molecular flexibility index (Phi) is 3.15. The van der Waals surface area contributed by atoms with E-state index in [2.05, 4.69) is 10.1 Å². The van der Waals surface area contributed by atoms with Crippen molar-refractivity contribution >= 4 is 27.8 Å². The molecule has 1 aromatic carbocycles. The molecule has 0 atom stereocenters. The van der Waals surface area contributed by atoms with Gasteiger partial charge in [0.25, 0.3) is 5.56 Å². The minimum Gasteiger partial charge on any atom is -0.267 e. The molecular weight excluding hydrogens is 277 g/mol. The normalized spacial score (nSPS) is 11.5. The molecule has 2 heterocycles. The summed E-state index contributed by atoms with van der Waals surface area (Å²) in [6, 6.07) is 7.96. The first-order valence-corrected chi connectivity index (χ1v) is 6.80. The third kappa shape index (κ3) is 2.14. The van der Waals surface area contributed by atoms with Gasteiger partial charge >= 0.3 is 0 Å². The highest BCUT2D eigenvalue weighted by Crippen LogP contribution is 2.14. The third-order valence-electron chi connectivity index (χ3n) is 2.85. The van der Waals surface area contributed by atoms with Crippen LogP contribution in [0.15, 0.2) is 45.6 Å². The molecule has 0 fully saturated rings. The predicted molar refractivity (Wildman–Crippen MR) is 78.0 cm³/mol. The van der Waals surface area contributed by atoms with Crippen LogP contribution in [-0.4, -0.2) is 15.9 Å². The summed E-state index contributed by atoms with van der Waals surface area (Å²) >= 11 is 1.40. The molecule has 100 valence electrons. The first-order valence-electron chi connectivity index (χ1n) is 5.92. The number of aromatic nitrogens is 2. The molecule has 0 saturated carbocycles. The molecule has 0 spiro atoms. The maximum atomic E-state index is 13.5. The van der Waals surface area contributed by atoms with Crippen molar-refractivity contribution in [3.63, 3.8) is 0 Å². The Hall–Kier alpha value is -2.34. The quantitative estimate of drug-likeness (QED) is 0.680. The second kappa shape index (κ2) is 4.97. The number of nitrogens with zero attached hydrogens (tertiary/aromatic N) is 3. The molecule has 2 aromatic heterocycles. The summed E-state index contributed by atoms with van der Waals surface area (Å²) < 4.78 is 14.7. The largest absolute Gasteiger partial charge is 0.282 e. The minimum atomic E-state index is -0.383. The van der Waals surface area contributed by atoms with Gasteiger partial charge in [0.05, 0.1) is 11.6 Å². The minimum absolute atomic E-state index is 0.249. The van der Waals surface area contributed by atoms with Gasteiger partial charge in [0.1, 0.15) is 16.5 Å². The standard InChI is InChI=1S/C14H10FN3OS/c1-9-17-13-11(6-7-20-13)14(19)18(9)16-8-10-4-2-3-5-12(10)15/h2-8H,1H3/b16-8-. The van der Waals surface area contributed by atoms with Crippen molar-refractivity contribution in [2.45, 2.75) is 6.92 Å². The van der Waals surface area contributed by atoms with Crippen LogP contribution >= 0.6 is 11.3 Å². The zero-order valence-corrected chi connectivity index (χ0v) is 11.4. The summed E-state index contributed by atoms with van der Waals surface area (Å²) in [5.74, 6) is 0.0871. The van der Waals surface area contributed by atoms with E-state index < -0.39 is 0 Å². The molecule has 0 saturated heterocycles. The number of benzene rings is 1. The van der Waals surface area contributed by atoms with Crippen molar-refractivity contribution in [3.05, 3.63) is 63.3 Å². The Bertz CT molecular complexity index is 866. The van der Waals surface area contributed by atoms with Gasteiger partial charge in [-0.15, -0.1) is 11.3 Å². The van der Waals surface area contributed by atoms with E-state index in [4.69, 9.17) is 0 Å². The van der Waals surface area contributed by atoms with Gasteiger partial charge in [-0.25, -0.2) is 9.37 Å². The fourth-order valence-electron chi connectivity index (χ4n) is 1.84. The van der Waals surface area contributed by atoms with Gasteiger partial charge in [0, 0.05) is 5.56 Å². The molecule has 0 unspecified atom stereocenters. The second-order valence-corrected chi connectivity index (χ2v) is 5.08. The van der Waals surface area contributed by atoms with Crippen molar-refractivity contribution in [3.8, 4) is 0 Å². The van der Waals surface area contributed by atoms with E-state index in [1.54, 1.807) is 31.2 Å². The van der Waals surface area contributed by atoms with E-state index in [0.29, 0.717) is 21.6 Å². The van der Waals surface area contributed by atoms with Gasteiger partial charge in [0.15, 0.2) is 0 Å². The first kappa shape index (κ1) is 12.7. The van der Waals surface area contributed by atoms with Gasteiger partial charge in [-0.1, -0.05) is 18.2 Å². The smallest absolute Gasteiger partial charge is 0.267 e. The molecule has 0 aliphatic rings. The van der Waals surface area contributed by atoms with E-state index in [0.717, 1.165) is 0 Å². The average molecular weight is 287 g/mol. The van der Waals surface area contributed by atoms with Crippen LogP contribution in [-0.2, 0) is 0 Å². The molecule has 0 N–H and O–H groups in total.